The van der Waals surface area contributed by atoms with Gasteiger partial charge in [-0.05, 0) is 44.0 Å². The molecule has 3 heteroatoms. The van der Waals surface area contributed by atoms with Crippen LogP contribution in [0, 0.1) is 13.8 Å². The fourth-order valence-corrected chi connectivity index (χ4v) is 2.00. The normalized spacial score (nSPS) is 19.5. The first-order valence-corrected chi connectivity index (χ1v) is 5.46. The van der Waals surface area contributed by atoms with Crippen molar-refractivity contribution >= 4 is 11.6 Å². The fourth-order valence-electron chi connectivity index (χ4n) is 1.89. The maximum atomic E-state index is 6.12. The van der Waals surface area contributed by atoms with E-state index >= 15 is 0 Å². The summed E-state index contributed by atoms with van der Waals surface area (Å²) in [7, 11) is 0. The zero-order valence-corrected chi connectivity index (χ0v) is 10.0. The maximum absolute atomic E-state index is 6.12. The molecule has 0 bridgehead atoms. The van der Waals surface area contributed by atoms with E-state index in [4.69, 9.17) is 21.1 Å². The molecule has 1 fully saturated rings. The lowest BCUT2D eigenvalue weighted by molar-refractivity contribution is -0.149. The molecule has 1 aliphatic rings. The highest BCUT2D eigenvalue weighted by atomic mass is 35.5. The van der Waals surface area contributed by atoms with Gasteiger partial charge in [0, 0.05) is 10.6 Å². The van der Waals surface area contributed by atoms with E-state index in [1.807, 2.05) is 32.9 Å². The van der Waals surface area contributed by atoms with Crippen molar-refractivity contribution in [2.45, 2.75) is 26.6 Å². The van der Waals surface area contributed by atoms with Crippen LogP contribution in [0.3, 0.4) is 0 Å². The molecular weight excluding hydrogens is 212 g/mol. The molecule has 1 heterocycles. The van der Waals surface area contributed by atoms with Crippen molar-refractivity contribution in [3.05, 3.63) is 33.8 Å². The van der Waals surface area contributed by atoms with Crippen molar-refractivity contribution in [1.29, 1.82) is 0 Å². The summed E-state index contributed by atoms with van der Waals surface area (Å²) in [6.45, 7) is 7.24. The van der Waals surface area contributed by atoms with E-state index in [0.29, 0.717) is 13.2 Å². The lowest BCUT2D eigenvalue weighted by Gasteiger charge is -2.24. The third kappa shape index (κ3) is 1.89. The smallest absolute Gasteiger partial charge is 0.192 e. The van der Waals surface area contributed by atoms with Crippen LogP contribution in [0.15, 0.2) is 12.1 Å². The van der Waals surface area contributed by atoms with Crippen molar-refractivity contribution in [1.82, 2.24) is 0 Å². The van der Waals surface area contributed by atoms with Crippen LogP contribution in [0.5, 0.6) is 0 Å². The van der Waals surface area contributed by atoms with E-state index in [1.165, 1.54) is 0 Å². The van der Waals surface area contributed by atoms with Gasteiger partial charge in [0.15, 0.2) is 5.79 Å². The molecule has 0 aliphatic carbocycles. The largest absolute Gasteiger partial charge is 0.344 e. The van der Waals surface area contributed by atoms with Gasteiger partial charge in [-0.1, -0.05) is 11.6 Å². The molecule has 0 spiro atoms. The summed E-state index contributed by atoms with van der Waals surface area (Å²) in [6, 6.07) is 4.06. The molecule has 1 saturated heterocycles. The van der Waals surface area contributed by atoms with Crippen molar-refractivity contribution < 1.29 is 9.47 Å². The second kappa shape index (κ2) is 3.78. The number of aryl methyl sites for hydroxylation is 2. The van der Waals surface area contributed by atoms with Crippen LogP contribution in [0.4, 0.5) is 0 Å². The quantitative estimate of drug-likeness (QED) is 0.732. The van der Waals surface area contributed by atoms with Crippen LogP contribution in [0.25, 0.3) is 0 Å². The molecule has 0 unspecified atom stereocenters. The van der Waals surface area contributed by atoms with Crippen molar-refractivity contribution in [3.63, 3.8) is 0 Å². The van der Waals surface area contributed by atoms with Crippen molar-refractivity contribution in [3.8, 4) is 0 Å². The monoisotopic (exact) mass is 226 g/mol. The summed E-state index contributed by atoms with van der Waals surface area (Å²) in [6.07, 6.45) is 0. The second-order valence-electron chi connectivity index (χ2n) is 4.07. The molecule has 2 rings (SSSR count). The number of ether oxygens (including phenoxy) is 2. The summed E-state index contributed by atoms with van der Waals surface area (Å²) in [5, 5.41) is 0.820. The Kier molecular flexibility index (Phi) is 2.75. The van der Waals surface area contributed by atoms with Gasteiger partial charge in [-0.3, -0.25) is 0 Å². The van der Waals surface area contributed by atoms with Crippen molar-refractivity contribution in [2.75, 3.05) is 13.2 Å². The predicted octanol–water partition coefficient (Wildman–Crippen LogP) is 3.18. The number of hydrogen-bond donors (Lipinski definition) is 0. The molecule has 0 N–H and O–H groups in total. The third-order valence-electron chi connectivity index (χ3n) is 2.80. The van der Waals surface area contributed by atoms with Gasteiger partial charge in [0.25, 0.3) is 0 Å². The van der Waals surface area contributed by atoms with Gasteiger partial charge in [-0.2, -0.15) is 0 Å². The number of benzene rings is 1. The topological polar surface area (TPSA) is 18.5 Å². The minimum atomic E-state index is -0.597. The number of rotatable bonds is 1. The van der Waals surface area contributed by atoms with E-state index < -0.39 is 5.79 Å². The van der Waals surface area contributed by atoms with Gasteiger partial charge in [0.05, 0.1) is 13.2 Å². The molecule has 0 radical (unpaired) electrons. The first-order chi connectivity index (χ1) is 7.03. The zero-order valence-electron chi connectivity index (χ0n) is 9.26. The zero-order chi connectivity index (χ0) is 11.1. The average Bonchev–Trinajstić information content (AvgIpc) is 2.62. The summed E-state index contributed by atoms with van der Waals surface area (Å²) < 4.78 is 11.2. The van der Waals surface area contributed by atoms with Gasteiger partial charge in [-0.25, -0.2) is 0 Å². The molecule has 0 aromatic heterocycles. The molecule has 82 valence electrons. The van der Waals surface area contributed by atoms with E-state index in [0.717, 1.165) is 21.7 Å². The van der Waals surface area contributed by atoms with Crippen LogP contribution in [0.2, 0.25) is 5.02 Å². The summed E-state index contributed by atoms with van der Waals surface area (Å²) in [5.74, 6) is -0.597. The van der Waals surface area contributed by atoms with E-state index in [-0.39, 0.29) is 0 Å². The first-order valence-electron chi connectivity index (χ1n) is 5.08. The summed E-state index contributed by atoms with van der Waals surface area (Å²) in [4.78, 5) is 0. The van der Waals surface area contributed by atoms with Crippen LogP contribution in [-0.4, -0.2) is 13.2 Å². The molecule has 1 aliphatic heterocycles. The Bertz CT molecular complexity index is 358. The maximum Gasteiger partial charge on any atom is 0.192 e. The third-order valence-corrected chi connectivity index (χ3v) is 3.40. The Morgan fingerprint density at radius 3 is 2.07 bits per heavy atom. The van der Waals surface area contributed by atoms with Crippen LogP contribution in [-0.2, 0) is 15.3 Å². The first kappa shape index (κ1) is 10.9. The number of halogens is 1. The molecule has 0 saturated carbocycles. The molecule has 0 atom stereocenters. The summed E-state index contributed by atoms with van der Waals surface area (Å²) >= 11 is 6.12. The highest BCUT2D eigenvalue weighted by Crippen LogP contribution is 2.34. The molecule has 2 nitrogen and oxygen atoms in total. The van der Waals surface area contributed by atoms with Gasteiger partial charge in [0.2, 0.25) is 0 Å². The van der Waals surface area contributed by atoms with Crippen LogP contribution < -0.4 is 0 Å². The Hall–Kier alpha value is -0.570. The van der Waals surface area contributed by atoms with Gasteiger partial charge < -0.3 is 9.47 Å². The standard InChI is InChI=1S/C12H15ClO2/c1-8-6-10(7-9(2)11(8)13)12(3)14-4-5-15-12/h6-7H,4-5H2,1-3H3. The average molecular weight is 227 g/mol. The van der Waals surface area contributed by atoms with Crippen molar-refractivity contribution in [2.24, 2.45) is 0 Å². The fraction of sp³-hybridized carbons (Fsp3) is 0.500. The predicted molar refractivity (Wildman–Crippen MR) is 60.2 cm³/mol. The highest BCUT2D eigenvalue weighted by Gasteiger charge is 2.33. The van der Waals surface area contributed by atoms with E-state index in [9.17, 15) is 0 Å². The Balaban J connectivity index is 2.45. The van der Waals surface area contributed by atoms with Gasteiger partial charge >= 0.3 is 0 Å². The Labute approximate surface area is 95.1 Å². The SMILES string of the molecule is Cc1cc(C2(C)OCCO2)cc(C)c1Cl. The van der Waals surface area contributed by atoms with E-state index in [2.05, 4.69) is 0 Å². The van der Waals surface area contributed by atoms with Gasteiger partial charge in [-0.15, -0.1) is 0 Å². The highest BCUT2D eigenvalue weighted by molar-refractivity contribution is 6.32. The number of hydrogen-bond acceptors (Lipinski definition) is 2. The molecule has 15 heavy (non-hydrogen) atoms. The minimum Gasteiger partial charge on any atom is -0.344 e. The molecule has 1 aromatic rings. The van der Waals surface area contributed by atoms with Crippen LogP contribution >= 0.6 is 11.6 Å². The molecule has 1 aromatic carbocycles. The second-order valence-corrected chi connectivity index (χ2v) is 4.44. The summed E-state index contributed by atoms with van der Waals surface area (Å²) in [5.41, 5.74) is 3.17. The minimum absolute atomic E-state index is 0.597. The van der Waals surface area contributed by atoms with E-state index in [1.54, 1.807) is 0 Å². The Morgan fingerprint density at radius 2 is 1.60 bits per heavy atom. The Morgan fingerprint density at radius 1 is 1.13 bits per heavy atom. The molecular formula is C12H15ClO2. The lowest BCUT2D eigenvalue weighted by atomic mass is 10.0. The lowest BCUT2D eigenvalue weighted by Crippen LogP contribution is -2.22. The van der Waals surface area contributed by atoms with Crippen LogP contribution in [0.1, 0.15) is 23.6 Å². The molecule has 0 amide bonds. The van der Waals surface area contributed by atoms with Gasteiger partial charge in [0.1, 0.15) is 0 Å².